The number of carbonyl (C=O) groups is 2. The van der Waals surface area contributed by atoms with Gasteiger partial charge < -0.3 is 15.6 Å². The lowest BCUT2D eigenvalue weighted by Crippen LogP contribution is -2.31. The summed E-state index contributed by atoms with van der Waals surface area (Å²) >= 11 is 2.61. The predicted molar refractivity (Wildman–Crippen MR) is 251 cm³/mol. The summed E-state index contributed by atoms with van der Waals surface area (Å²) in [7, 11) is 0. The summed E-state index contributed by atoms with van der Waals surface area (Å²) in [5.74, 6) is -0.813. The molecule has 0 saturated heterocycles. The highest BCUT2D eigenvalue weighted by Crippen LogP contribution is 2.47. The fourth-order valence-electron chi connectivity index (χ4n) is 7.78. The normalized spacial score (nSPS) is 13.3. The van der Waals surface area contributed by atoms with Gasteiger partial charge in [-0.05, 0) is 90.7 Å². The molecule has 4 heterocycles. The van der Waals surface area contributed by atoms with Crippen molar-refractivity contribution in [2.75, 3.05) is 5.32 Å². The molecule has 6 aromatic carbocycles. The Labute approximate surface area is 368 Å². The summed E-state index contributed by atoms with van der Waals surface area (Å²) in [6.07, 6.45) is 1.89. The lowest BCUT2D eigenvalue weighted by Gasteiger charge is -2.11. The van der Waals surface area contributed by atoms with E-state index in [0.717, 1.165) is 22.3 Å². The third kappa shape index (κ3) is 7.56. The lowest BCUT2D eigenvalue weighted by atomic mass is 9.96. The molecule has 0 bridgehead atoms. The van der Waals surface area contributed by atoms with Crippen LogP contribution >= 0.6 is 22.7 Å². The van der Waals surface area contributed by atoms with Crippen LogP contribution in [0.2, 0.25) is 0 Å². The number of aromatic nitrogens is 3. The standard InChI is InChI=1S/C51H34F2N6O2S2/c1-28-13-9-11-19-34(28)48(60)58-46-44(50-56-36-23-21-32(52)25-40(36)62-50)42(30-15-5-3-6-16-30)38(54-46)27-39-43(31-17-7-4-8-18-31)45(51-57-37-24-22-33(53)26-41(37)63-51)47(55-39)59-49(61)35-20-12-10-14-29(35)2/h3-27,54H,1-2H3,(H,58,60)(H,55,59,61). The molecule has 63 heavy (non-hydrogen) atoms. The van der Waals surface area contributed by atoms with Crippen LogP contribution < -0.4 is 10.6 Å². The van der Waals surface area contributed by atoms with Gasteiger partial charge in [0.25, 0.3) is 11.8 Å². The summed E-state index contributed by atoms with van der Waals surface area (Å²) in [6, 6.07) is 43.0. The number of aryl methyl sites for hydroxylation is 2. The van der Waals surface area contributed by atoms with Crippen LogP contribution in [-0.4, -0.2) is 32.6 Å². The zero-order chi connectivity index (χ0) is 43.2. The van der Waals surface area contributed by atoms with Crippen molar-refractivity contribution in [1.82, 2.24) is 20.3 Å². The Morgan fingerprint density at radius 3 is 1.71 bits per heavy atom. The van der Waals surface area contributed by atoms with Crippen LogP contribution in [0, 0.1) is 25.5 Å². The zero-order valence-corrected chi connectivity index (χ0v) is 35.3. The van der Waals surface area contributed by atoms with E-state index in [1.54, 1.807) is 24.3 Å². The number of thiazole rings is 2. The average Bonchev–Trinajstić information content (AvgIpc) is 4.07. The van der Waals surface area contributed by atoms with Gasteiger partial charge in [-0.15, -0.1) is 22.7 Å². The molecule has 3 aromatic heterocycles. The molecule has 8 nitrogen and oxygen atoms in total. The van der Waals surface area contributed by atoms with Crippen molar-refractivity contribution < 1.29 is 18.4 Å². The van der Waals surface area contributed by atoms with Gasteiger partial charge in [-0.25, -0.2) is 23.7 Å². The molecular formula is C51H34F2N6O2S2. The van der Waals surface area contributed by atoms with Gasteiger partial charge in [0.1, 0.15) is 33.3 Å². The molecule has 10 rings (SSSR count). The number of amides is 2. The number of nitrogens with zero attached hydrogens (tertiary/aromatic N) is 3. The molecule has 306 valence electrons. The number of aliphatic imine (C=N–C) groups is 1. The quantitative estimate of drug-likeness (QED) is 0.141. The summed E-state index contributed by atoms with van der Waals surface area (Å²) in [6.45, 7) is 3.75. The summed E-state index contributed by atoms with van der Waals surface area (Å²) in [5, 5.41) is 7.36. The van der Waals surface area contributed by atoms with Gasteiger partial charge >= 0.3 is 0 Å². The number of halogens is 2. The summed E-state index contributed by atoms with van der Waals surface area (Å²) < 4.78 is 30.4. The molecule has 0 aliphatic carbocycles. The van der Waals surface area contributed by atoms with E-state index < -0.39 is 0 Å². The van der Waals surface area contributed by atoms with Gasteiger partial charge in [0.2, 0.25) is 0 Å². The Balaban J connectivity index is 1.24. The predicted octanol–water partition coefficient (Wildman–Crippen LogP) is 12.5. The van der Waals surface area contributed by atoms with Crippen LogP contribution in [0.4, 0.5) is 14.6 Å². The Morgan fingerprint density at radius 1 is 0.587 bits per heavy atom. The highest BCUT2D eigenvalue weighted by molar-refractivity contribution is 7.21. The monoisotopic (exact) mass is 864 g/mol. The van der Waals surface area contributed by atoms with Crippen molar-refractivity contribution >= 4 is 83.8 Å². The molecule has 0 atom stereocenters. The highest BCUT2D eigenvalue weighted by atomic mass is 32.1. The topological polar surface area (TPSA) is 112 Å². The first kappa shape index (κ1) is 39.5. The summed E-state index contributed by atoms with van der Waals surface area (Å²) in [4.78, 5) is 47.0. The number of nitrogens with one attached hydrogen (secondary N) is 3. The van der Waals surface area contributed by atoms with Gasteiger partial charge in [0, 0.05) is 22.3 Å². The van der Waals surface area contributed by atoms with E-state index in [0.29, 0.717) is 81.1 Å². The SMILES string of the molecule is Cc1ccccc1C(=O)NC1=NC(=Cc2[nH]c(NC(=O)c3ccccc3C)c(-c3nc4ccc(F)cc4s3)c2-c2ccccc2)C(c2ccccc2)=C1c1nc2ccc(F)cc2s1. The van der Waals surface area contributed by atoms with Gasteiger partial charge in [-0.1, -0.05) is 97.1 Å². The van der Waals surface area contributed by atoms with E-state index in [1.165, 1.54) is 46.9 Å². The first-order valence-electron chi connectivity index (χ1n) is 20.0. The van der Waals surface area contributed by atoms with Crippen LogP contribution in [0.5, 0.6) is 0 Å². The maximum atomic E-state index is 14.6. The molecule has 0 fully saturated rings. The van der Waals surface area contributed by atoms with Crippen LogP contribution in [0.15, 0.2) is 156 Å². The van der Waals surface area contributed by atoms with Crippen molar-refractivity contribution in [3.63, 3.8) is 0 Å². The van der Waals surface area contributed by atoms with E-state index in [4.69, 9.17) is 15.0 Å². The molecule has 0 saturated carbocycles. The Bertz CT molecular complexity index is 3380. The van der Waals surface area contributed by atoms with E-state index >= 15 is 0 Å². The van der Waals surface area contributed by atoms with Gasteiger partial charge in [-0.3, -0.25) is 9.59 Å². The molecule has 3 N–H and O–H groups in total. The minimum absolute atomic E-state index is 0.266. The second-order valence-electron chi connectivity index (χ2n) is 14.9. The van der Waals surface area contributed by atoms with Crippen LogP contribution in [0.25, 0.3) is 59.4 Å². The number of hydrogen-bond acceptors (Lipinski definition) is 7. The molecule has 0 radical (unpaired) electrons. The molecular weight excluding hydrogens is 831 g/mol. The average molecular weight is 865 g/mol. The number of allylic oxidation sites excluding steroid dienone is 1. The van der Waals surface area contributed by atoms with Crippen molar-refractivity contribution in [1.29, 1.82) is 0 Å². The van der Waals surface area contributed by atoms with Crippen molar-refractivity contribution in [2.24, 2.45) is 4.99 Å². The Morgan fingerprint density at radius 2 is 1.11 bits per heavy atom. The molecule has 9 aromatic rings. The number of hydrogen-bond donors (Lipinski definition) is 3. The van der Waals surface area contributed by atoms with E-state index in [9.17, 15) is 18.4 Å². The largest absolute Gasteiger partial charge is 0.341 e. The number of amidine groups is 1. The Kier molecular flexibility index (Phi) is 10.2. The number of carbonyl (C=O) groups excluding carboxylic acids is 2. The minimum Gasteiger partial charge on any atom is -0.341 e. The third-order valence-corrected chi connectivity index (χ3v) is 12.9. The second kappa shape index (κ2) is 16.3. The minimum atomic E-state index is -0.386. The number of benzene rings is 6. The maximum Gasteiger partial charge on any atom is 0.257 e. The van der Waals surface area contributed by atoms with Crippen LogP contribution in [0.1, 0.15) is 48.1 Å². The summed E-state index contributed by atoms with van der Waals surface area (Å²) in [5.41, 5.74) is 8.98. The number of anilines is 1. The number of H-pyrrole nitrogens is 1. The van der Waals surface area contributed by atoms with Crippen molar-refractivity contribution in [3.8, 4) is 21.7 Å². The molecule has 2 amide bonds. The third-order valence-electron chi connectivity index (χ3n) is 10.8. The first-order chi connectivity index (χ1) is 30.7. The second-order valence-corrected chi connectivity index (χ2v) is 17.0. The fourth-order valence-corrected chi connectivity index (χ4v) is 9.87. The van der Waals surface area contributed by atoms with Gasteiger partial charge in [-0.2, -0.15) is 0 Å². The van der Waals surface area contributed by atoms with Crippen molar-refractivity contribution in [3.05, 3.63) is 201 Å². The maximum absolute atomic E-state index is 14.6. The van der Waals surface area contributed by atoms with Crippen molar-refractivity contribution in [2.45, 2.75) is 13.8 Å². The van der Waals surface area contributed by atoms with Crippen LogP contribution in [0.3, 0.4) is 0 Å². The molecule has 0 unspecified atom stereocenters. The van der Waals surface area contributed by atoms with Gasteiger partial charge in [0.05, 0.1) is 43.0 Å². The number of fused-ring (bicyclic) bond motifs is 2. The van der Waals surface area contributed by atoms with E-state index in [-0.39, 0.29) is 29.3 Å². The van der Waals surface area contributed by atoms with Gasteiger partial charge in [0.15, 0.2) is 0 Å². The molecule has 1 aliphatic rings. The smallest absolute Gasteiger partial charge is 0.257 e. The number of rotatable bonds is 8. The Hall–Kier alpha value is -7.67. The fraction of sp³-hybridized carbons (Fsp3) is 0.0392. The highest BCUT2D eigenvalue weighted by Gasteiger charge is 2.32. The molecule has 1 aliphatic heterocycles. The van der Waals surface area contributed by atoms with E-state index in [2.05, 4.69) is 15.6 Å². The lowest BCUT2D eigenvalue weighted by molar-refractivity contribution is 0.0975. The van der Waals surface area contributed by atoms with E-state index in [1.807, 2.05) is 117 Å². The first-order valence-corrected chi connectivity index (χ1v) is 21.6. The zero-order valence-electron chi connectivity index (χ0n) is 33.7. The molecule has 0 spiro atoms. The molecule has 12 heteroatoms. The van der Waals surface area contributed by atoms with Crippen LogP contribution in [-0.2, 0) is 0 Å². The number of aromatic amines is 1.